The summed E-state index contributed by atoms with van der Waals surface area (Å²) in [7, 11) is 1.96. The van der Waals surface area contributed by atoms with Gasteiger partial charge >= 0.3 is 0 Å². The summed E-state index contributed by atoms with van der Waals surface area (Å²) >= 11 is 0. The van der Waals surface area contributed by atoms with Gasteiger partial charge in [0, 0.05) is 13.1 Å². The van der Waals surface area contributed by atoms with E-state index in [4.69, 9.17) is 5.73 Å². The SMILES string of the molecule is CC(C)c1nn(C)c(NC(C)C2CCCC2)c1N. The molecule has 0 radical (unpaired) electrons. The quantitative estimate of drug-likeness (QED) is 0.863. The molecule has 0 spiro atoms. The van der Waals surface area contributed by atoms with Gasteiger partial charge in [0.15, 0.2) is 0 Å². The van der Waals surface area contributed by atoms with Crippen LogP contribution in [0.15, 0.2) is 0 Å². The second-order valence-corrected chi connectivity index (χ2v) is 5.90. The molecule has 1 aliphatic carbocycles. The maximum atomic E-state index is 6.21. The maximum Gasteiger partial charge on any atom is 0.148 e. The zero-order chi connectivity index (χ0) is 13.3. The van der Waals surface area contributed by atoms with Crippen LogP contribution in [0.25, 0.3) is 0 Å². The minimum atomic E-state index is 0.369. The molecular formula is C14H26N4. The summed E-state index contributed by atoms with van der Waals surface area (Å²) in [4.78, 5) is 0. The fourth-order valence-electron chi connectivity index (χ4n) is 2.95. The van der Waals surface area contributed by atoms with Crippen molar-refractivity contribution in [3.63, 3.8) is 0 Å². The highest BCUT2D eigenvalue weighted by Gasteiger charge is 2.24. The highest BCUT2D eigenvalue weighted by atomic mass is 15.3. The number of nitrogen functional groups attached to an aromatic ring is 1. The average Bonchev–Trinajstić information content (AvgIpc) is 2.92. The van der Waals surface area contributed by atoms with Crippen LogP contribution in [-0.4, -0.2) is 15.8 Å². The predicted octanol–water partition coefficient (Wildman–Crippen LogP) is 3.12. The Bertz CT molecular complexity index is 402. The van der Waals surface area contributed by atoms with Gasteiger partial charge < -0.3 is 11.1 Å². The largest absolute Gasteiger partial charge is 0.394 e. The van der Waals surface area contributed by atoms with E-state index >= 15 is 0 Å². The predicted molar refractivity (Wildman–Crippen MR) is 76.8 cm³/mol. The van der Waals surface area contributed by atoms with E-state index in [1.807, 2.05) is 11.7 Å². The van der Waals surface area contributed by atoms with E-state index in [-0.39, 0.29) is 0 Å². The zero-order valence-electron chi connectivity index (χ0n) is 12.0. The van der Waals surface area contributed by atoms with Crippen LogP contribution in [0.1, 0.15) is 58.1 Å². The van der Waals surface area contributed by atoms with Crippen molar-refractivity contribution in [3.05, 3.63) is 5.69 Å². The smallest absolute Gasteiger partial charge is 0.148 e. The molecule has 1 saturated carbocycles. The van der Waals surface area contributed by atoms with E-state index in [0.29, 0.717) is 12.0 Å². The molecule has 2 rings (SSSR count). The molecule has 1 aromatic rings. The molecule has 0 bridgehead atoms. The van der Waals surface area contributed by atoms with E-state index in [0.717, 1.165) is 23.1 Å². The first-order valence-corrected chi connectivity index (χ1v) is 7.09. The summed E-state index contributed by atoms with van der Waals surface area (Å²) < 4.78 is 1.89. The summed E-state index contributed by atoms with van der Waals surface area (Å²) in [5.41, 5.74) is 8.02. The van der Waals surface area contributed by atoms with Gasteiger partial charge in [-0.05, 0) is 31.6 Å². The Hall–Kier alpha value is -1.19. The molecule has 0 aromatic carbocycles. The van der Waals surface area contributed by atoms with Gasteiger partial charge in [-0.25, -0.2) is 0 Å². The Morgan fingerprint density at radius 1 is 1.28 bits per heavy atom. The van der Waals surface area contributed by atoms with E-state index in [9.17, 15) is 0 Å². The number of anilines is 2. The maximum absolute atomic E-state index is 6.21. The van der Waals surface area contributed by atoms with E-state index in [1.165, 1.54) is 25.7 Å². The number of nitrogens with two attached hydrogens (primary N) is 1. The number of hydrogen-bond acceptors (Lipinski definition) is 3. The molecule has 0 aliphatic heterocycles. The molecule has 102 valence electrons. The van der Waals surface area contributed by atoms with Crippen LogP contribution >= 0.6 is 0 Å². The van der Waals surface area contributed by atoms with Gasteiger partial charge in [0.1, 0.15) is 5.82 Å². The van der Waals surface area contributed by atoms with Crippen molar-refractivity contribution in [2.24, 2.45) is 13.0 Å². The molecule has 4 nitrogen and oxygen atoms in total. The minimum absolute atomic E-state index is 0.369. The van der Waals surface area contributed by atoms with E-state index < -0.39 is 0 Å². The third kappa shape index (κ3) is 2.47. The molecule has 3 N–H and O–H groups in total. The van der Waals surface area contributed by atoms with Crippen LogP contribution < -0.4 is 11.1 Å². The number of aryl methyl sites for hydroxylation is 1. The van der Waals surface area contributed by atoms with Crippen molar-refractivity contribution in [2.75, 3.05) is 11.1 Å². The van der Waals surface area contributed by atoms with Crippen LogP contribution in [0.3, 0.4) is 0 Å². The monoisotopic (exact) mass is 250 g/mol. The Labute approximate surface area is 110 Å². The van der Waals surface area contributed by atoms with Crippen LogP contribution in [0.4, 0.5) is 11.5 Å². The van der Waals surface area contributed by atoms with Gasteiger partial charge in [0.25, 0.3) is 0 Å². The van der Waals surface area contributed by atoms with Gasteiger partial charge in [-0.3, -0.25) is 4.68 Å². The third-order valence-corrected chi connectivity index (χ3v) is 4.13. The number of hydrogen-bond donors (Lipinski definition) is 2. The molecule has 1 heterocycles. The summed E-state index contributed by atoms with van der Waals surface area (Å²) in [5, 5.41) is 8.09. The third-order valence-electron chi connectivity index (χ3n) is 4.13. The average molecular weight is 250 g/mol. The Kier molecular flexibility index (Phi) is 3.83. The lowest BCUT2D eigenvalue weighted by Gasteiger charge is -2.21. The molecular weight excluding hydrogens is 224 g/mol. The Morgan fingerprint density at radius 2 is 1.89 bits per heavy atom. The van der Waals surface area contributed by atoms with Gasteiger partial charge in [0.2, 0.25) is 0 Å². The highest BCUT2D eigenvalue weighted by Crippen LogP contribution is 2.32. The molecule has 1 atom stereocenters. The summed E-state index contributed by atoms with van der Waals surface area (Å²) in [6.07, 6.45) is 5.41. The van der Waals surface area contributed by atoms with Crippen LogP contribution in [0.2, 0.25) is 0 Å². The van der Waals surface area contributed by atoms with Crippen molar-refractivity contribution in [2.45, 2.75) is 58.4 Å². The standard InChI is InChI=1S/C14H26N4/c1-9(2)13-12(15)14(18(4)17-13)16-10(3)11-7-5-6-8-11/h9-11,16H,5-8,15H2,1-4H3. The fraction of sp³-hybridized carbons (Fsp3) is 0.786. The van der Waals surface area contributed by atoms with Crippen molar-refractivity contribution in [3.8, 4) is 0 Å². The van der Waals surface area contributed by atoms with Crippen molar-refractivity contribution < 1.29 is 0 Å². The fourth-order valence-corrected chi connectivity index (χ4v) is 2.95. The molecule has 18 heavy (non-hydrogen) atoms. The number of nitrogens with zero attached hydrogens (tertiary/aromatic N) is 2. The van der Waals surface area contributed by atoms with E-state index in [2.05, 4.69) is 31.2 Å². The molecule has 1 unspecified atom stereocenters. The summed E-state index contributed by atoms with van der Waals surface area (Å²) in [5.74, 6) is 2.13. The second kappa shape index (κ2) is 5.21. The second-order valence-electron chi connectivity index (χ2n) is 5.90. The normalized spacial score (nSPS) is 18.5. The summed E-state index contributed by atoms with van der Waals surface area (Å²) in [6.45, 7) is 6.52. The van der Waals surface area contributed by atoms with Crippen LogP contribution in [0.5, 0.6) is 0 Å². The lowest BCUT2D eigenvalue weighted by Crippen LogP contribution is -2.25. The lowest BCUT2D eigenvalue weighted by atomic mass is 10.00. The first-order valence-electron chi connectivity index (χ1n) is 7.09. The van der Waals surface area contributed by atoms with Crippen LogP contribution in [0, 0.1) is 5.92 Å². The minimum Gasteiger partial charge on any atom is -0.394 e. The molecule has 1 aromatic heterocycles. The number of rotatable bonds is 4. The van der Waals surface area contributed by atoms with Crippen LogP contribution in [-0.2, 0) is 7.05 Å². The summed E-state index contributed by atoms with van der Waals surface area (Å²) in [6, 6.07) is 0.477. The number of nitrogens with one attached hydrogen (secondary N) is 1. The number of aromatic nitrogens is 2. The lowest BCUT2D eigenvalue weighted by molar-refractivity contribution is 0.479. The highest BCUT2D eigenvalue weighted by molar-refractivity contribution is 5.66. The Morgan fingerprint density at radius 3 is 2.39 bits per heavy atom. The topological polar surface area (TPSA) is 55.9 Å². The van der Waals surface area contributed by atoms with Crippen molar-refractivity contribution in [1.82, 2.24) is 9.78 Å². The first kappa shape index (κ1) is 13.2. The van der Waals surface area contributed by atoms with Gasteiger partial charge in [-0.15, -0.1) is 0 Å². The van der Waals surface area contributed by atoms with Crippen molar-refractivity contribution >= 4 is 11.5 Å². The van der Waals surface area contributed by atoms with Gasteiger partial charge in [0.05, 0.1) is 11.4 Å². The molecule has 4 heteroatoms. The molecule has 1 aliphatic rings. The first-order chi connectivity index (χ1) is 8.50. The Balaban J connectivity index is 2.13. The van der Waals surface area contributed by atoms with E-state index in [1.54, 1.807) is 0 Å². The molecule has 0 amide bonds. The van der Waals surface area contributed by atoms with Gasteiger partial charge in [-0.1, -0.05) is 26.7 Å². The zero-order valence-corrected chi connectivity index (χ0v) is 12.0. The van der Waals surface area contributed by atoms with Gasteiger partial charge in [-0.2, -0.15) is 5.10 Å². The van der Waals surface area contributed by atoms with Crippen molar-refractivity contribution in [1.29, 1.82) is 0 Å². The molecule has 0 saturated heterocycles. The molecule has 1 fully saturated rings.